The number of guanidine groups is 1. The maximum atomic E-state index is 5.56. The number of hydrogen-bond acceptors (Lipinski definition) is 5. The highest BCUT2D eigenvalue weighted by atomic mass is 127. The Morgan fingerprint density at radius 2 is 1.86 bits per heavy atom. The topological polar surface area (TPSA) is 52.1 Å². The lowest BCUT2D eigenvalue weighted by molar-refractivity contribution is -0.0120. The quantitative estimate of drug-likeness (QED) is 0.208. The molecule has 8 heteroatoms. The van der Waals surface area contributed by atoms with Gasteiger partial charge in [0.2, 0.25) is 0 Å². The van der Waals surface area contributed by atoms with Crippen molar-refractivity contribution in [1.82, 2.24) is 20.4 Å². The first kappa shape index (κ1) is 26.3. The fourth-order valence-electron chi connectivity index (χ4n) is 4.18. The van der Waals surface area contributed by atoms with Crippen LogP contribution in [0.1, 0.15) is 40.5 Å². The fourth-order valence-corrected chi connectivity index (χ4v) is 5.66. The van der Waals surface area contributed by atoms with Crippen LogP contribution in [0.4, 0.5) is 0 Å². The molecule has 0 aromatic carbocycles. The van der Waals surface area contributed by atoms with Crippen molar-refractivity contribution in [1.29, 1.82) is 0 Å². The molecule has 0 aromatic rings. The maximum absolute atomic E-state index is 5.56. The molecule has 0 amide bonds. The van der Waals surface area contributed by atoms with Crippen LogP contribution in [0, 0.1) is 0 Å². The van der Waals surface area contributed by atoms with E-state index >= 15 is 0 Å². The third kappa shape index (κ3) is 7.81. The van der Waals surface area contributed by atoms with Crippen molar-refractivity contribution in [2.24, 2.45) is 4.99 Å². The predicted molar refractivity (Wildman–Crippen MR) is 133 cm³/mol. The van der Waals surface area contributed by atoms with E-state index in [1.54, 1.807) is 0 Å². The summed E-state index contributed by atoms with van der Waals surface area (Å²) in [6, 6.07) is 1.19. The van der Waals surface area contributed by atoms with Gasteiger partial charge in [-0.15, -0.1) is 24.0 Å². The standard InChI is InChI=1S/C20H41N5OS.HI/c1-17(2)25(18(3)4)9-6-8-22-19(21-5)23-15-20(7-14-27-16-20)24-10-12-26-13-11-24;/h17-18H,6-16H2,1-5H3,(H2,21,22,23);1H. The summed E-state index contributed by atoms with van der Waals surface area (Å²) in [5.41, 5.74) is 0.248. The van der Waals surface area contributed by atoms with Crippen LogP contribution in [0.3, 0.4) is 0 Å². The second kappa shape index (κ2) is 13.5. The van der Waals surface area contributed by atoms with Crippen LogP contribution in [0.15, 0.2) is 4.99 Å². The van der Waals surface area contributed by atoms with E-state index in [2.05, 4.69) is 64.9 Å². The fraction of sp³-hybridized carbons (Fsp3) is 0.950. The number of thioether (sulfide) groups is 1. The van der Waals surface area contributed by atoms with Crippen LogP contribution in [-0.2, 0) is 4.74 Å². The average molecular weight is 528 g/mol. The van der Waals surface area contributed by atoms with Crippen LogP contribution >= 0.6 is 35.7 Å². The highest BCUT2D eigenvalue weighted by Crippen LogP contribution is 2.33. The molecule has 2 N–H and O–H groups in total. The summed E-state index contributed by atoms with van der Waals surface area (Å²) in [4.78, 5) is 9.62. The van der Waals surface area contributed by atoms with Gasteiger partial charge in [0.15, 0.2) is 5.96 Å². The first-order valence-electron chi connectivity index (χ1n) is 10.6. The minimum absolute atomic E-state index is 0. The number of morpholine rings is 1. The second-order valence-electron chi connectivity index (χ2n) is 8.26. The van der Waals surface area contributed by atoms with E-state index < -0.39 is 0 Å². The van der Waals surface area contributed by atoms with Gasteiger partial charge in [0.1, 0.15) is 0 Å². The van der Waals surface area contributed by atoms with Crippen molar-refractivity contribution >= 4 is 41.7 Å². The predicted octanol–water partition coefficient (Wildman–Crippen LogP) is 2.49. The van der Waals surface area contributed by atoms with Gasteiger partial charge >= 0.3 is 0 Å². The summed E-state index contributed by atoms with van der Waals surface area (Å²) in [5, 5.41) is 7.12. The van der Waals surface area contributed by atoms with Gasteiger partial charge in [-0.2, -0.15) is 11.8 Å². The van der Waals surface area contributed by atoms with E-state index in [0.29, 0.717) is 12.1 Å². The lowest BCUT2D eigenvalue weighted by Crippen LogP contribution is -2.60. The van der Waals surface area contributed by atoms with Crippen molar-refractivity contribution in [3.63, 3.8) is 0 Å². The molecule has 6 nitrogen and oxygen atoms in total. The largest absolute Gasteiger partial charge is 0.379 e. The third-order valence-electron chi connectivity index (χ3n) is 5.79. The van der Waals surface area contributed by atoms with Gasteiger partial charge in [-0.05, 0) is 46.3 Å². The molecule has 2 aliphatic rings. The smallest absolute Gasteiger partial charge is 0.191 e. The highest BCUT2D eigenvalue weighted by molar-refractivity contribution is 14.0. The van der Waals surface area contributed by atoms with E-state index in [9.17, 15) is 0 Å². The molecule has 0 spiro atoms. The first-order valence-corrected chi connectivity index (χ1v) is 11.7. The Balaban J connectivity index is 0.00000392. The summed E-state index contributed by atoms with van der Waals surface area (Å²) >= 11 is 2.08. The second-order valence-corrected chi connectivity index (χ2v) is 9.36. The Morgan fingerprint density at radius 3 is 2.39 bits per heavy atom. The number of nitrogens with one attached hydrogen (secondary N) is 2. The van der Waals surface area contributed by atoms with Gasteiger partial charge in [-0.1, -0.05) is 0 Å². The Labute approximate surface area is 194 Å². The van der Waals surface area contributed by atoms with Crippen molar-refractivity contribution in [3.05, 3.63) is 0 Å². The zero-order chi connectivity index (χ0) is 19.7. The zero-order valence-electron chi connectivity index (χ0n) is 18.5. The summed E-state index contributed by atoms with van der Waals surface area (Å²) in [7, 11) is 1.87. The highest BCUT2D eigenvalue weighted by Gasteiger charge is 2.40. The van der Waals surface area contributed by atoms with Gasteiger partial charge in [-0.3, -0.25) is 14.8 Å². The molecule has 2 heterocycles. The minimum atomic E-state index is 0. The van der Waals surface area contributed by atoms with Crippen LogP contribution in [0.2, 0.25) is 0 Å². The van der Waals surface area contributed by atoms with Crippen molar-refractivity contribution in [3.8, 4) is 0 Å². The van der Waals surface area contributed by atoms with E-state index in [1.807, 2.05) is 7.05 Å². The summed E-state index contributed by atoms with van der Waals surface area (Å²) in [6.07, 6.45) is 2.38. The van der Waals surface area contributed by atoms with Gasteiger partial charge < -0.3 is 15.4 Å². The molecule has 166 valence electrons. The molecule has 2 saturated heterocycles. The van der Waals surface area contributed by atoms with Crippen LogP contribution < -0.4 is 10.6 Å². The molecule has 1 unspecified atom stereocenters. The lowest BCUT2D eigenvalue weighted by atomic mass is 9.95. The third-order valence-corrected chi connectivity index (χ3v) is 7.02. The Hall–Kier alpha value is 0.230. The summed E-state index contributed by atoms with van der Waals surface area (Å²) < 4.78 is 5.56. The van der Waals surface area contributed by atoms with Crippen molar-refractivity contribution < 1.29 is 4.74 Å². The lowest BCUT2D eigenvalue weighted by Gasteiger charge is -2.43. The van der Waals surface area contributed by atoms with Gasteiger partial charge in [0.25, 0.3) is 0 Å². The van der Waals surface area contributed by atoms with Gasteiger partial charge in [0.05, 0.1) is 13.2 Å². The monoisotopic (exact) mass is 527 g/mol. The number of rotatable bonds is 9. The number of halogens is 1. The minimum Gasteiger partial charge on any atom is -0.379 e. The first-order chi connectivity index (χ1) is 13.0. The number of hydrogen-bond donors (Lipinski definition) is 2. The Bertz CT molecular complexity index is 444. The molecule has 28 heavy (non-hydrogen) atoms. The Morgan fingerprint density at radius 1 is 1.18 bits per heavy atom. The molecule has 0 saturated carbocycles. The molecule has 2 fully saturated rings. The van der Waals surface area contributed by atoms with E-state index in [4.69, 9.17) is 4.74 Å². The number of nitrogens with zero attached hydrogens (tertiary/aromatic N) is 3. The molecule has 0 aliphatic carbocycles. The molecule has 1 atom stereocenters. The molecule has 0 bridgehead atoms. The maximum Gasteiger partial charge on any atom is 0.191 e. The molecule has 2 aliphatic heterocycles. The van der Waals surface area contributed by atoms with Gasteiger partial charge in [-0.25, -0.2) is 0 Å². The van der Waals surface area contributed by atoms with E-state index in [1.165, 1.54) is 17.9 Å². The molecule has 2 rings (SSSR count). The van der Waals surface area contributed by atoms with E-state index in [-0.39, 0.29) is 29.5 Å². The van der Waals surface area contributed by atoms with Crippen molar-refractivity contribution in [2.45, 2.75) is 58.2 Å². The summed E-state index contributed by atoms with van der Waals surface area (Å²) in [5.74, 6) is 3.39. The van der Waals surface area contributed by atoms with Crippen LogP contribution in [0.25, 0.3) is 0 Å². The SMILES string of the molecule is CN=C(NCCCN(C(C)C)C(C)C)NCC1(N2CCOCC2)CCSC1.I. The molecule has 0 radical (unpaired) electrons. The van der Waals surface area contributed by atoms with E-state index in [0.717, 1.165) is 58.3 Å². The van der Waals surface area contributed by atoms with Crippen molar-refractivity contribution in [2.75, 3.05) is 64.5 Å². The average Bonchev–Trinajstić information content (AvgIpc) is 3.14. The molecule has 0 aromatic heterocycles. The molecular weight excluding hydrogens is 485 g/mol. The Kier molecular flexibility index (Phi) is 12.7. The number of ether oxygens (including phenoxy) is 1. The van der Waals surface area contributed by atoms with Crippen LogP contribution in [0.5, 0.6) is 0 Å². The summed E-state index contributed by atoms with van der Waals surface area (Å²) in [6.45, 7) is 16.0. The molecular formula is C20H42IN5OS. The van der Waals surface area contributed by atoms with Crippen LogP contribution in [-0.4, -0.2) is 97.9 Å². The number of aliphatic imine (C=N–C) groups is 1. The van der Waals surface area contributed by atoms with Gasteiger partial charge in [0, 0.05) is 63.1 Å². The normalized spacial score (nSPS) is 24.1. The zero-order valence-corrected chi connectivity index (χ0v) is 21.6.